The van der Waals surface area contributed by atoms with Crippen LogP contribution in [-0.2, 0) is 0 Å². The Bertz CT molecular complexity index is 128. The van der Waals surface area contributed by atoms with Crippen LogP contribution in [0.1, 0.15) is 26.2 Å². The Morgan fingerprint density at radius 3 is 2.67 bits per heavy atom. The van der Waals surface area contributed by atoms with Crippen molar-refractivity contribution < 1.29 is 5.11 Å². The van der Waals surface area contributed by atoms with E-state index in [1.54, 1.807) is 0 Å². The molecule has 1 unspecified atom stereocenters. The summed E-state index contributed by atoms with van der Waals surface area (Å²) in [6, 6.07) is 0.777. The minimum absolute atomic E-state index is 0.197. The van der Waals surface area contributed by atoms with Crippen LogP contribution in [0.5, 0.6) is 0 Å². The van der Waals surface area contributed by atoms with Crippen LogP contribution in [0.2, 0.25) is 0 Å². The summed E-state index contributed by atoms with van der Waals surface area (Å²) >= 11 is 3.29. The van der Waals surface area contributed by atoms with E-state index in [2.05, 4.69) is 27.8 Å². The molecule has 1 aliphatic rings. The van der Waals surface area contributed by atoms with E-state index in [4.69, 9.17) is 0 Å². The van der Waals surface area contributed by atoms with Gasteiger partial charge in [0.25, 0.3) is 0 Å². The zero-order valence-electron chi connectivity index (χ0n) is 7.67. The predicted molar refractivity (Wildman–Crippen MR) is 54.7 cm³/mol. The molecule has 0 aliphatic heterocycles. The molecule has 0 heterocycles. The van der Waals surface area contributed by atoms with E-state index in [0.29, 0.717) is 5.33 Å². The first-order chi connectivity index (χ1) is 5.77. The van der Waals surface area contributed by atoms with Crippen LogP contribution < -0.4 is 0 Å². The maximum absolute atomic E-state index is 9.44. The highest BCUT2D eigenvalue weighted by Crippen LogP contribution is 2.26. The van der Waals surface area contributed by atoms with Crippen LogP contribution in [0.4, 0.5) is 0 Å². The molecular formula is C9H18BrNO. The molecular weight excluding hydrogens is 218 g/mol. The molecule has 0 amide bonds. The highest BCUT2D eigenvalue weighted by atomic mass is 79.9. The van der Waals surface area contributed by atoms with Gasteiger partial charge in [0.1, 0.15) is 0 Å². The quantitative estimate of drug-likeness (QED) is 0.708. The normalized spacial score (nSPS) is 20.0. The number of aliphatic hydroxyl groups is 1. The third-order valence-corrected chi connectivity index (χ3v) is 2.94. The minimum Gasteiger partial charge on any atom is -0.391 e. The highest BCUT2D eigenvalue weighted by molar-refractivity contribution is 9.09. The maximum Gasteiger partial charge on any atom is 0.0763 e. The SMILES string of the molecule is CCCN(CC(O)CBr)C1CC1. The van der Waals surface area contributed by atoms with Crippen LogP contribution >= 0.6 is 15.9 Å². The largest absolute Gasteiger partial charge is 0.391 e. The summed E-state index contributed by atoms with van der Waals surface area (Å²) in [4.78, 5) is 2.41. The summed E-state index contributed by atoms with van der Waals surface area (Å²) in [7, 11) is 0. The number of nitrogens with zero attached hydrogens (tertiary/aromatic N) is 1. The molecule has 0 saturated heterocycles. The van der Waals surface area contributed by atoms with E-state index in [1.165, 1.54) is 19.3 Å². The van der Waals surface area contributed by atoms with Gasteiger partial charge < -0.3 is 5.11 Å². The second-order valence-corrected chi connectivity index (χ2v) is 4.18. The summed E-state index contributed by atoms with van der Waals surface area (Å²) in [5.74, 6) is 0. The Labute approximate surface area is 83.1 Å². The zero-order valence-corrected chi connectivity index (χ0v) is 9.26. The topological polar surface area (TPSA) is 23.5 Å². The average molecular weight is 236 g/mol. The lowest BCUT2D eigenvalue weighted by atomic mass is 10.3. The van der Waals surface area contributed by atoms with E-state index in [0.717, 1.165) is 19.1 Å². The van der Waals surface area contributed by atoms with Crippen LogP contribution in [0.25, 0.3) is 0 Å². The van der Waals surface area contributed by atoms with Crippen molar-refractivity contribution in [3.05, 3.63) is 0 Å². The molecule has 1 fully saturated rings. The molecule has 0 bridgehead atoms. The van der Waals surface area contributed by atoms with Crippen molar-refractivity contribution in [3.63, 3.8) is 0 Å². The molecule has 0 aromatic carbocycles. The van der Waals surface area contributed by atoms with Gasteiger partial charge in [-0.25, -0.2) is 0 Å². The van der Waals surface area contributed by atoms with Gasteiger partial charge in [0.15, 0.2) is 0 Å². The van der Waals surface area contributed by atoms with Crippen LogP contribution in [0.15, 0.2) is 0 Å². The Kier molecular flexibility index (Phi) is 4.54. The van der Waals surface area contributed by atoms with Gasteiger partial charge in [0.2, 0.25) is 0 Å². The van der Waals surface area contributed by atoms with Crippen molar-refractivity contribution in [1.29, 1.82) is 0 Å². The molecule has 0 aromatic heterocycles. The summed E-state index contributed by atoms with van der Waals surface area (Å²) in [6.45, 7) is 4.16. The first kappa shape index (κ1) is 10.5. The minimum atomic E-state index is -0.197. The van der Waals surface area contributed by atoms with Crippen molar-refractivity contribution in [3.8, 4) is 0 Å². The number of hydrogen-bond donors (Lipinski definition) is 1. The molecule has 1 atom stereocenters. The smallest absolute Gasteiger partial charge is 0.0763 e. The number of hydrogen-bond acceptors (Lipinski definition) is 2. The Morgan fingerprint density at radius 1 is 1.58 bits per heavy atom. The van der Waals surface area contributed by atoms with Crippen molar-refractivity contribution in [1.82, 2.24) is 4.90 Å². The fourth-order valence-electron chi connectivity index (χ4n) is 1.47. The van der Waals surface area contributed by atoms with E-state index in [-0.39, 0.29) is 6.10 Å². The van der Waals surface area contributed by atoms with Gasteiger partial charge >= 0.3 is 0 Å². The first-order valence-electron chi connectivity index (χ1n) is 4.76. The Balaban J connectivity index is 2.22. The lowest BCUT2D eigenvalue weighted by molar-refractivity contribution is 0.126. The molecule has 0 aromatic rings. The second kappa shape index (κ2) is 5.20. The van der Waals surface area contributed by atoms with Gasteiger partial charge in [-0.05, 0) is 25.8 Å². The summed E-state index contributed by atoms with van der Waals surface area (Å²) in [5.41, 5.74) is 0. The predicted octanol–water partition coefficient (Wildman–Crippen LogP) is 1.62. The number of halogens is 1. The monoisotopic (exact) mass is 235 g/mol. The maximum atomic E-state index is 9.44. The fraction of sp³-hybridized carbons (Fsp3) is 1.00. The first-order valence-corrected chi connectivity index (χ1v) is 5.88. The molecule has 2 nitrogen and oxygen atoms in total. The Morgan fingerprint density at radius 2 is 2.25 bits per heavy atom. The highest BCUT2D eigenvalue weighted by Gasteiger charge is 2.29. The van der Waals surface area contributed by atoms with Crippen LogP contribution in [-0.4, -0.2) is 40.6 Å². The van der Waals surface area contributed by atoms with Gasteiger partial charge in [-0.15, -0.1) is 0 Å². The van der Waals surface area contributed by atoms with Gasteiger partial charge in [0.05, 0.1) is 6.10 Å². The van der Waals surface area contributed by atoms with Gasteiger partial charge in [-0.2, -0.15) is 0 Å². The molecule has 12 heavy (non-hydrogen) atoms. The van der Waals surface area contributed by atoms with Gasteiger partial charge in [-0.3, -0.25) is 4.90 Å². The number of alkyl halides is 1. The molecule has 0 radical (unpaired) electrons. The Hall–Kier alpha value is 0.400. The summed E-state index contributed by atoms with van der Waals surface area (Å²) in [6.07, 6.45) is 3.65. The van der Waals surface area contributed by atoms with Crippen LogP contribution in [0.3, 0.4) is 0 Å². The second-order valence-electron chi connectivity index (χ2n) is 3.53. The molecule has 1 rings (SSSR count). The van der Waals surface area contributed by atoms with Crippen molar-refractivity contribution in [2.24, 2.45) is 0 Å². The molecule has 3 heteroatoms. The van der Waals surface area contributed by atoms with Crippen molar-refractivity contribution in [2.45, 2.75) is 38.3 Å². The standard InChI is InChI=1S/C9H18BrNO/c1-2-5-11(8-3-4-8)7-9(12)6-10/h8-9,12H,2-7H2,1H3. The lowest BCUT2D eigenvalue weighted by Gasteiger charge is -2.23. The van der Waals surface area contributed by atoms with Crippen LogP contribution in [0, 0.1) is 0 Å². The lowest BCUT2D eigenvalue weighted by Crippen LogP contribution is -2.35. The zero-order chi connectivity index (χ0) is 8.97. The summed E-state index contributed by atoms with van der Waals surface area (Å²) < 4.78 is 0. The number of aliphatic hydroxyl groups excluding tert-OH is 1. The van der Waals surface area contributed by atoms with Crippen molar-refractivity contribution >= 4 is 15.9 Å². The van der Waals surface area contributed by atoms with E-state index < -0.39 is 0 Å². The molecule has 72 valence electrons. The van der Waals surface area contributed by atoms with E-state index in [1.807, 2.05) is 0 Å². The fourth-order valence-corrected chi connectivity index (χ4v) is 1.67. The summed E-state index contributed by atoms with van der Waals surface area (Å²) in [5, 5.41) is 10.1. The number of rotatable bonds is 6. The van der Waals surface area contributed by atoms with E-state index >= 15 is 0 Å². The molecule has 1 saturated carbocycles. The third kappa shape index (κ3) is 3.42. The molecule has 1 aliphatic carbocycles. The van der Waals surface area contributed by atoms with Gasteiger partial charge in [-0.1, -0.05) is 22.9 Å². The van der Waals surface area contributed by atoms with E-state index in [9.17, 15) is 5.11 Å². The van der Waals surface area contributed by atoms with Crippen molar-refractivity contribution in [2.75, 3.05) is 18.4 Å². The molecule has 1 N–H and O–H groups in total. The average Bonchev–Trinajstić information content (AvgIpc) is 2.86. The van der Waals surface area contributed by atoms with Gasteiger partial charge in [0, 0.05) is 17.9 Å². The molecule has 0 spiro atoms. The third-order valence-electron chi connectivity index (χ3n) is 2.20.